The van der Waals surface area contributed by atoms with Crippen LogP contribution in [0.15, 0.2) is 35.4 Å². The minimum atomic E-state index is -0.257. The van der Waals surface area contributed by atoms with Crippen LogP contribution in [0.5, 0.6) is 0 Å². The number of benzene rings is 1. The lowest BCUT2D eigenvalue weighted by molar-refractivity contribution is -0.123. The van der Waals surface area contributed by atoms with E-state index in [0.717, 1.165) is 28.2 Å². The quantitative estimate of drug-likeness (QED) is 0.809. The van der Waals surface area contributed by atoms with Gasteiger partial charge in [0.1, 0.15) is 6.54 Å². The van der Waals surface area contributed by atoms with Gasteiger partial charge in [-0.3, -0.25) is 14.5 Å². The second-order valence-electron chi connectivity index (χ2n) is 5.53. The van der Waals surface area contributed by atoms with Crippen LogP contribution in [0.2, 0.25) is 0 Å². The van der Waals surface area contributed by atoms with Gasteiger partial charge in [0.15, 0.2) is 0 Å². The average Bonchev–Trinajstić information content (AvgIpc) is 2.99. The number of nitrogens with zero attached hydrogens (tertiary/aromatic N) is 3. The Morgan fingerprint density at radius 3 is 2.70 bits per heavy atom. The van der Waals surface area contributed by atoms with Crippen LogP contribution in [0.4, 0.5) is 4.79 Å². The summed E-state index contributed by atoms with van der Waals surface area (Å²) in [4.78, 5) is 26.1. The summed E-state index contributed by atoms with van der Waals surface area (Å²) in [5.41, 5.74) is 1.77. The Kier molecular flexibility index (Phi) is 3.97. The molecule has 0 saturated carbocycles. The average molecular weight is 325 g/mol. The van der Waals surface area contributed by atoms with Crippen molar-refractivity contribution in [1.29, 1.82) is 5.26 Å². The molecule has 2 amide bonds. The van der Waals surface area contributed by atoms with Crippen molar-refractivity contribution in [2.75, 3.05) is 0 Å². The summed E-state index contributed by atoms with van der Waals surface area (Å²) in [5.74, 6) is -0.257. The van der Waals surface area contributed by atoms with E-state index in [1.54, 1.807) is 6.08 Å². The molecule has 3 rings (SSSR count). The van der Waals surface area contributed by atoms with E-state index in [4.69, 9.17) is 5.26 Å². The van der Waals surface area contributed by atoms with Crippen molar-refractivity contribution in [2.24, 2.45) is 0 Å². The van der Waals surface area contributed by atoms with Crippen LogP contribution in [-0.4, -0.2) is 26.7 Å². The number of fused-ring (bicyclic) bond motifs is 1. The maximum Gasteiger partial charge on any atom is 0.293 e. The molecular weight excluding hydrogens is 310 g/mol. The molecule has 2 aromatic rings. The zero-order chi connectivity index (χ0) is 16.6. The van der Waals surface area contributed by atoms with Gasteiger partial charge in [-0.25, -0.2) is 0 Å². The normalized spacial score (nSPS) is 16.8. The van der Waals surface area contributed by atoms with Crippen LogP contribution in [0.25, 0.3) is 17.0 Å². The first-order chi connectivity index (χ1) is 11.0. The molecule has 0 N–H and O–H groups in total. The zero-order valence-corrected chi connectivity index (χ0v) is 13.6. The van der Waals surface area contributed by atoms with Crippen molar-refractivity contribution < 1.29 is 9.59 Å². The summed E-state index contributed by atoms with van der Waals surface area (Å²) in [6.45, 7) is 3.87. The minimum absolute atomic E-state index is 0.159. The van der Waals surface area contributed by atoms with E-state index in [2.05, 4.69) is 6.07 Å². The fraction of sp³-hybridized carbons (Fsp3) is 0.235. The molecule has 1 aromatic heterocycles. The van der Waals surface area contributed by atoms with Crippen LogP contribution in [0.1, 0.15) is 19.4 Å². The maximum atomic E-state index is 12.4. The molecule has 1 saturated heterocycles. The standard InChI is InChI=1S/C17H15N3O2S/c1-11(2)20-16(21)15(23-17(20)22)9-12-10-19(8-7-18)14-6-4-3-5-13(12)14/h3-6,9-11H,8H2,1-2H3/b15-9-. The number of aromatic nitrogens is 1. The fourth-order valence-corrected chi connectivity index (χ4v) is 3.62. The monoisotopic (exact) mass is 325 g/mol. The second kappa shape index (κ2) is 5.94. The number of para-hydroxylation sites is 1. The third kappa shape index (κ3) is 2.64. The summed E-state index contributed by atoms with van der Waals surface area (Å²) in [5, 5.41) is 9.67. The number of amides is 2. The third-order valence-electron chi connectivity index (χ3n) is 3.69. The molecule has 1 fully saturated rings. The Labute approximate surface area is 138 Å². The zero-order valence-electron chi connectivity index (χ0n) is 12.8. The molecule has 0 unspecified atom stereocenters. The number of rotatable bonds is 3. The maximum absolute atomic E-state index is 12.4. The van der Waals surface area contributed by atoms with Crippen LogP contribution in [-0.2, 0) is 11.3 Å². The molecule has 2 heterocycles. The molecule has 0 atom stereocenters. The predicted molar refractivity (Wildman–Crippen MR) is 90.5 cm³/mol. The van der Waals surface area contributed by atoms with Crippen LogP contribution >= 0.6 is 11.8 Å². The van der Waals surface area contributed by atoms with E-state index in [0.29, 0.717) is 4.91 Å². The van der Waals surface area contributed by atoms with E-state index in [1.807, 2.05) is 48.9 Å². The summed E-state index contributed by atoms with van der Waals surface area (Å²) >= 11 is 0.960. The molecule has 1 aliphatic heterocycles. The highest BCUT2D eigenvalue weighted by atomic mass is 32.2. The van der Waals surface area contributed by atoms with E-state index in [1.165, 1.54) is 4.90 Å². The SMILES string of the molecule is CC(C)N1C(=O)S/C(=C\c2cn(CC#N)c3ccccc23)C1=O. The Hall–Kier alpha value is -2.52. The van der Waals surface area contributed by atoms with Gasteiger partial charge >= 0.3 is 0 Å². The fourth-order valence-electron chi connectivity index (χ4n) is 2.66. The van der Waals surface area contributed by atoms with Crippen LogP contribution < -0.4 is 0 Å². The molecule has 1 aromatic carbocycles. The molecule has 5 nitrogen and oxygen atoms in total. The number of carbonyl (C=O) groups is 2. The van der Waals surface area contributed by atoms with Gasteiger partial charge in [-0.1, -0.05) is 18.2 Å². The van der Waals surface area contributed by atoms with Gasteiger partial charge in [-0.2, -0.15) is 5.26 Å². The largest absolute Gasteiger partial charge is 0.333 e. The van der Waals surface area contributed by atoms with E-state index in [9.17, 15) is 9.59 Å². The van der Waals surface area contributed by atoms with Crippen LogP contribution in [0, 0.1) is 11.3 Å². The molecule has 23 heavy (non-hydrogen) atoms. The van der Waals surface area contributed by atoms with Crippen molar-refractivity contribution in [3.63, 3.8) is 0 Å². The molecule has 0 aliphatic carbocycles. The van der Waals surface area contributed by atoms with Crippen LogP contribution in [0.3, 0.4) is 0 Å². The first-order valence-corrected chi connectivity index (χ1v) is 8.06. The van der Waals surface area contributed by atoms with Crippen molar-refractivity contribution in [1.82, 2.24) is 9.47 Å². The lowest BCUT2D eigenvalue weighted by Gasteiger charge is -2.16. The van der Waals surface area contributed by atoms with Crippen molar-refractivity contribution in [2.45, 2.75) is 26.4 Å². The van der Waals surface area contributed by atoms with Crippen molar-refractivity contribution >= 4 is 39.9 Å². The van der Waals surface area contributed by atoms with Gasteiger partial charge in [0.2, 0.25) is 0 Å². The highest BCUT2D eigenvalue weighted by Gasteiger charge is 2.36. The van der Waals surface area contributed by atoms with Crippen molar-refractivity contribution in [3.05, 3.63) is 40.9 Å². The summed E-state index contributed by atoms with van der Waals surface area (Å²) in [6.07, 6.45) is 3.58. The van der Waals surface area contributed by atoms with Gasteiger partial charge in [0, 0.05) is 28.7 Å². The Morgan fingerprint density at radius 1 is 1.30 bits per heavy atom. The van der Waals surface area contributed by atoms with Gasteiger partial charge in [-0.15, -0.1) is 0 Å². The van der Waals surface area contributed by atoms with E-state index < -0.39 is 0 Å². The lowest BCUT2D eigenvalue weighted by atomic mass is 10.1. The van der Waals surface area contributed by atoms with E-state index in [-0.39, 0.29) is 23.7 Å². The Balaban J connectivity index is 2.07. The molecule has 0 radical (unpaired) electrons. The number of carbonyl (C=O) groups excluding carboxylic acids is 2. The van der Waals surface area contributed by atoms with Gasteiger partial charge < -0.3 is 4.57 Å². The predicted octanol–water partition coefficient (Wildman–Crippen LogP) is 3.61. The van der Waals surface area contributed by atoms with Gasteiger partial charge in [-0.05, 0) is 37.8 Å². The second-order valence-corrected chi connectivity index (χ2v) is 6.53. The Morgan fingerprint density at radius 2 is 2.04 bits per heavy atom. The smallest absolute Gasteiger partial charge is 0.293 e. The molecule has 0 bridgehead atoms. The van der Waals surface area contributed by atoms with Gasteiger partial charge in [0.05, 0.1) is 11.0 Å². The third-order valence-corrected chi connectivity index (χ3v) is 4.57. The Bertz CT molecular complexity index is 874. The lowest BCUT2D eigenvalue weighted by Crippen LogP contribution is -2.34. The highest BCUT2D eigenvalue weighted by molar-refractivity contribution is 8.18. The molecule has 1 aliphatic rings. The number of nitriles is 1. The first kappa shape index (κ1) is 15.4. The summed E-state index contributed by atoms with van der Waals surface area (Å²) in [7, 11) is 0. The highest BCUT2D eigenvalue weighted by Crippen LogP contribution is 2.35. The first-order valence-electron chi connectivity index (χ1n) is 7.25. The molecular formula is C17H15N3O2S. The van der Waals surface area contributed by atoms with E-state index >= 15 is 0 Å². The molecule has 116 valence electrons. The number of hydrogen-bond donors (Lipinski definition) is 0. The number of imide groups is 1. The topological polar surface area (TPSA) is 66.1 Å². The number of hydrogen-bond acceptors (Lipinski definition) is 4. The number of thioether (sulfide) groups is 1. The molecule has 6 heteroatoms. The summed E-state index contributed by atoms with van der Waals surface area (Å²) in [6, 6.07) is 9.67. The van der Waals surface area contributed by atoms with Crippen molar-refractivity contribution in [3.8, 4) is 6.07 Å². The molecule has 0 spiro atoms. The minimum Gasteiger partial charge on any atom is -0.333 e. The van der Waals surface area contributed by atoms with Gasteiger partial charge in [0.25, 0.3) is 11.1 Å². The summed E-state index contributed by atoms with van der Waals surface area (Å²) < 4.78 is 1.84.